The van der Waals surface area contributed by atoms with Gasteiger partial charge in [0.1, 0.15) is 11.3 Å². The van der Waals surface area contributed by atoms with Crippen LogP contribution in [0.3, 0.4) is 0 Å². The highest BCUT2D eigenvalue weighted by molar-refractivity contribution is 6.38. The van der Waals surface area contributed by atoms with Crippen molar-refractivity contribution in [3.8, 4) is 5.75 Å². The number of anilines is 1. The van der Waals surface area contributed by atoms with E-state index in [1.54, 1.807) is 18.2 Å². The number of methoxy groups -OCH3 is 1. The molecule has 0 fully saturated rings. The van der Waals surface area contributed by atoms with Gasteiger partial charge in [-0.2, -0.15) is 0 Å². The number of fused-ring (bicyclic) bond motifs is 1. The first-order valence-corrected chi connectivity index (χ1v) is 7.31. The zero-order valence-electron chi connectivity index (χ0n) is 12.4. The third-order valence-electron chi connectivity index (χ3n) is 3.46. The summed E-state index contributed by atoms with van der Waals surface area (Å²) in [7, 11) is 1.51. The maximum absolute atomic E-state index is 12.3. The molecule has 0 saturated carbocycles. The smallest absolute Gasteiger partial charge is 0.223 e. The predicted molar refractivity (Wildman–Crippen MR) is 92.0 cm³/mol. The molecule has 2 N–H and O–H groups in total. The lowest BCUT2D eigenvalue weighted by molar-refractivity contribution is 0.102. The van der Waals surface area contributed by atoms with Gasteiger partial charge in [0.25, 0.3) is 0 Å². The van der Waals surface area contributed by atoms with Gasteiger partial charge in [0.2, 0.25) is 5.78 Å². The van der Waals surface area contributed by atoms with Gasteiger partial charge in [-0.1, -0.05) is 48.0 Å². The molecule has 23 heavy (non-hydrogen) atoms. The SMILES string of the molecule is COc1ccc2oc(C(=O)/C=C/c3ccccc3)c(N)c2c1Cl. The minimum absolute atomic E-state index is 0.0716. The summed E-state index contributed by atoms with van der Waals surface area (Å²) < 4.78 is 10.7. The molecule has 1 heterocycles. The predicted octanol–water partition coefficient (Wildman–Crippen LogP) is 4.57. The number of ether oxygens (including phenoxy) is 1. The molecule has 0 spiro atoms. The van der Waals surface area contributed by atoms with Crippen LogP contribution in [-0.4, -0.2) is 12.9 Å². The largest absolute Gasteiger partial charge is 0.495 e. The fourth-order valence-electron chi connectivity index (χ4n) is 2.31. The molecule has 0 unspecified atom stereocenters. The first kappa shape index (κ1) is 15.2. The van der Waals surface area contributed by atoms with E-state index in [4.69, 9.17) is 26.5 Å². The molecular formula is C18H14ClNO3. The summed E-state index contributed by atoms with van der Waals surface area (Å²) in [6.45, 7) is 0. The lowest BCUT2D eigenvalue weighted by Gasteiger charge is -2.02. The van der Waals surface area contributed by atoms with Crippen molar-refractivity contribution in [1.82, 2.24) is 0 Å². The van der Waals surface area contributed by atoms with E-state index in [1.807, 2.05) is 30.3 Å². The highest BCUT2D eigenvalue weighted by Gasteiger charge is 2.20. The van der Waals surface area contributed by atoms with Crippen molar-refractivity contribution in [2.75, 3.05) is 12.8 Å². The number of hydrogen-bond acceptors (Lipinski definition) is 4. The van der Waals surface area contributed by atoms with E-state index < -0.39 is 0 Å². The fourth-order valence-corrected chi connectivity index (χ4v) is 2.64. The monoisotopic (exact) mass is 327 g/mol. The molecule has 2 aromatic carbocycles. The van der Waals surface area contributed by atoms with Crippen LogP contribution in [0.1, 0.15) is 16.1 Å². The van der Waals surface area contributed by atoms with E-state index in [1.165, 1.54) is 13.2 Å². The molecule has 0 aliphatic rings. The van der Waals surface area contributed by atoms with Crippen molar-refractivity contribution in [3.63, 3.8) is 0 Å². The van der Waals surface area contributed by atoms with E-state index in [0.717, 1.165) is 5.56 Å². The molecule has 3 rings (SSSR count). The number of nitrogens with two attached hydrogens (primary N) is 1. The van der Waals surface area contributed by atoms with Gasteiger partial charge in [-0.25, -0.2) is 0 Å². The van der Waals surface area contributed by atoms with Crippen molar-refractivity contribution in [1.29, 1.82) is 0 Å². The second-order valence-corrected chi connectivity index (χ2v) is 5.29. The Labute approximate surface area is 138 Å². The molecule has 0 aliphatic heterocycles. The van der Waals surface area contributed by atoms with Crippen LogP contribution >= 0.6 is 11.6 Å². The molecule has 3 aromatic rings. The zero-order valence-corrected chi connectivity index (χ0v) is 13.1. The fraction of sp³-hybridized carbons (Fsp3) is 0.0556. The Balaban J connectivity index is 2.00. The van der Waals surface area contributed by atoms with Crippen LogP contribution in [-0.2, 0) is 0 Å². The van der Waals surface area contributed by atoms with E-state index in [0.29, 0.717) is 21.7 Å². The number of benzene rings is 2. The minimum atomic E-state index is -0.322. The van der Waals surface area contributed by atoms with Gasteiger partial charge < -0.3 is 14.9 Å². The van der Waals surface area contributed by atoms with Crippen LogP contribution in [0.4, 0.5) is 5.69 Å². The minimum Gasteiger partial charge on any atom is -0.495 e. The van der Waals surface area contributed by atoms with Crippen molar-refractivity contribution in [2.45, 2.75) is 0 Å². The number of halogens is 1. The van der Waals surface area contributed by atoms with Crippen molar-refractivity contribution in [3.05, 3.63) is 64.9 Å². The number of rotatable bonds is 4. The van der Waals surface area contributed by atoms with Crippen LogP contribution in [0.2, 0.25) is 5.02 Å². The normalized spacial score (nSPS) is 11.2. The van der Waals surface area contributed by atoms with Crippen LogP contribution in [0, 0.1) is 0 Å². The number of nitrogen functional groups attached to an aromatic ring is 1. The molecule has 5 heteroatoms. The number of carbonyl (C=O) groups excluding carboxylic acids is 1. The first-order valence-electron chi connectivity index (χ1n) is 6.93. The second kappa shape index (κ2) is 6.18. The van der Waals surface area contributed by atoms with Gasteiger partial charge >= 0.3 is 0 Å². The van der Waals surface area contributed by atoms with Gasteiger partial charge in [0.15, 0.2) is 5.76 Å². The summed E-state index contributed by atoms with van der Waals surface area (Å²) >= 11 is 6.24. The third-order valence-corrected chi connectivity index (χ3v) is 3.84. The van der Waals surface area contributed by atoms with E-state index in [9.17, 15) is 4.79 Å². The second-order valence-electron chi connectivity index (χ2n) is 4.91. The lowest BCUT2D eigenvalue weighted by Crippen LogP contribution is -1.97. The number of allylic oxidation sites excluding steroid dienone is 1. The topological polar surface area (TPSA) is 65.5 Å². The van der Waals surface area contributed by atoms with Gasteiger partial charge in [0.05, 0.1) is 23.2 Å². The van der Waals surface area contributed by atoms with E-state index in [2.05, 4.69) is 0 Å². The highest BCUT2D eigenvalue weighted by Crippen LogP contribution is 2.39. The average molecular weight is 328 g/mol. The first-order chi connectivity index (χ1) is 11.1. The summed E-state index contributed by atoms with van der Waals surface area (Å²) in [5, 5.41) is 0.819. The van der Waals surface area contributed by atoms with Crippen LogP contribution in [0.15, 0.2) is 53.0 Å². The number of carbonyl (C=O) groups is 1. The average Bonchev–Trinajstić information content (AvgIpc) is 2.92. The van der Waals surface area contributed by atoms with Crippen molar-refractivity contribution in [2.24, 2.45) is 0 Å². The van der Waals surface area contributed by atoms with Crippen LogP contribution in [0.25, 0.3) is 17.0 Å². The lowest BCUT2D eigenvalue weighted by atomic mass is 10.1. The van der Waals surface area contributed by atoms with Gasteiger partial charge in [-0.15, -0.1) is 0 Å². The maximum atomic E-state index is 12.3. The summed E-state index contributed by atoms with van der Waals surface area (Å²) in [5.74, 6) is 0.227. The van der Waals surface area contributed by atoms with Crippen molar-refractivity contribution >= 4 is 40.1 Å². The molecule has 0 radical (unpaired) electrons. The maximum Gasteiger partial charge on any atom is 0.223 e. The van der Waals surface area contributed by atoms with Gasteiger partial charge in [-0.05, 0) is 23.8 Å². The number of ketones is 1. The van der Waals surface area contributed by atoms with Gasteiger partial charge in [-0.3, -0.25) is 4.79 Å². The number of hydrogen-bond donors (Lipinski definition) is 1. The van der Waals surface area contributed by atoms with Crippen LogP contribution < -0.4 is 10.5 Å². The van der Waals surface area contributed by atoms with E-state index in [-0.39, 0.29) is 17.2 Å². The Bertz CT molecular complexity index is 898. The Morgan fingerprint density at radius 3 is 2.65 bits per heavy atom. The van der Waals surface area contributed by atoms with Crippen molar-refractivity contribution < 1.29 is 13.9 Å². The summed E-state index contributed by atoms with van der Waals surface area (Å²) in [5.41, 5.74) is 7.62. The van der Waals surface area contributed by atoms with E-state index >= 15 is 0 Å². The Kier molecular flexibility index (Phi) is 4.08. The quantitative estimate of drug-likeness (QED) is 0.563. The molecule has 0 atom stereocenters. The molecular weight excluding hydrogens is 314 g/mol. The molecule has 0 bridgehead atoms. The number of furan rings is 1. The molecule has 0 amide bonds. The highest BCUT2D eigenvalue weighted by atomic mass is 35.5. The Morgan fingerprint density at radius 1 is 1.22 bits per heavy atom. The summed E-state index contributed by atoms with van der Waals surface area (Å²) in [6, 6.07) is 12.8. The van der Waals surface area contributed by atoms with Gasteiger partial charge in [0, 0.05) is 0 Å². The Hall–Kier alpha value is -2.72. The molecule has 4 nitrogen and oxygen atoms in total. The standard InChI is InChI=1S/C18H14ClNO3/c1-22-14-10-9-13-15(16(14)19)17(20)18(23-13)12(21)8-7-11-5-3-2-4-6-11/h2-10H,20H2,1H3/b8-7+. The summed E-state index contributed by atoms with van der Waals surface area (Å²) in [6.07, 6.45) is 3.13. The zero-order chi connectivity index (χ0) is 16.4. The molecule has 0 saturated heterocycles. The molecule has 0 aliphatic carbocycles. The molecule has 116 valence electrons. The third kappa shape index (κ3) is 2.81. The van der Waals surface area contributed by atoms with Crippen LogP contribution in [0.5, 0.6) is 5.75 Å². The summed E-state index contributed by atoms with van der Waals surface area (Å²) in [4.78, 5) is 12.3. The molecule has 1 aromatic heterocycles. The Morgan fingerprint density at radius 2 is 1.96 bits per heavy atom.